The zero-order chi connectivity index (χ0) is 12.7. The highest BCUT2D eigenvalue weighted by Gasteiger charge is 2.10. The van der Waals surface area contributed by atoms with E-state index in [1.165, 1.54) is 4.90 Å². The number of methoxy groups -OCH3 is 2. The second-order valence-electron chi connectivity index (χ2n) is 3.52. The molecule has 1 aromatic rings. The molecule has 0 saturated heterocycles. The molecule has 94 valence electrons. The molecule has 0 heterocycles. The van der Waals surface area contributed by atoms with Crippen LogP contribution in [0.2, 0.25) is 0 Å². The Balaban J connectivity index is 2.61. The van der Waals surface area contributed by atoms with E-state index in [-0.39, 0.29) is 0 Å². The van der Waals surface area contributed by atoms with Crippen molar-refractivity contribution >= 4 is 17.0 Å². The molecule has 0 saturated carbocycles. The van der Waals surface area contributed by atoms with E-state index >= 15 is 0 Å². The van der Waals surface area contributed by atoms with Crippen LogP contribution in [0.5, 0.6) is 5.75 Å². The van der Waals surface area contributed by atoms with Crippen molar-refractivity contribution in [2.75, 3.05) is 27.4 Å². The summed E-state index contributed by atoms with van der Waals surface area (Å²) in [5.74, 6) is 0.786. The van der Waals surface area contributed by atoms with Crippen molar-refractivity contribution in [3.63, 3.8) is 0 Å². The van der Waals surface area contributed by atoms with Gasteiger partial charge in [-0.2, -0.15) is 0 Å². The minimum Gasteiger partial charge on any atom is -0.497 e. The van der Waals surface area contributed by atoms with Crippen molar-refractivity contribution in [1.29, 1.82) is 0 Å². The average molecular weight is 258 g/mol. The molecule has 0 aromatic heterocycles. The molecule has 0 atom stereocenters. The lowest BCUT2D eigenvalue weighted by Gasteiger charge is -2.19. The van der Waals surface area contributed by atoms with Gasteiger partial charge in [0, 0.05) is 20.2 Å². The van der Waals surface area contributed by atoms with Gasteiger partial charge in [-0.05, 0) is 29.3 Å². The molecule has 0 fully saturated rings. The van der Waals surface area contributed by atoms with Crippen molar-refractivity contribution in [3.05, 3.63) is 29.8 Å². The molecule has 5 heteroatoms. The van der Waals surface area contributed by atoms with E-state index in [1.54, 1.807) is 14.2 Å². The number of halogens is 1. The van der Waals surface area contributed by atoms with Crippen LogP contribution in [0.3, 0.4) is 0 Å². The monoisotopic (exact) mass is 257 g/mol. The fourth-order valence-electron chi connectivity index (χ4n) is 1.38. The van der Waals surface area contributed by atoms with E-state index in [0.29, 0.717) is 19.7 Å². The minimum atomic E-state index is -0.474. The summed E-state index contributed by atoms with van der Waals surface area (Å²) in [6, 6.07) is 7.50. The first-order chi connectivity index (χ1) is 8.17. The number of carbonyl (C=O) groups is 1. The summed E-state index contributed by atoms with van der Waals surface area (Å²) >= 11 is 5.49. The van der Waals surface area contributed by atoms with E-state index in [2.05, 4.69) is 0 Å². The Morgan fingerprint density at radius 3 is 2.41 bits per heavy atom. The summed E-state index contributed by atoms with van der Waals surface area (Å²) in [7, 11) is 3.20. The Labute approximate surface area is 106 Å². The summed E-state index contributed by atoms with van der Waals surface area (Å²) in [5, 5.41) is -0.474. The third kappa shape index (κ3) is 4.63. The van der Waals surface area contributed by atoms with Crippen molar-refractivity contribution in [2.24, 2.45) is 0 Å². The van der Waals surface area contributed by atoms with Crippen LogP contribution in [0.25, 0.3) is 0 Å². The van der Waals surface area contributed by atoms with Gasteiger partial charge in [-0.25, -0.2) is 0 Å². The Morgan fingerprint density at radius 1 is 1.29 bits per heavy atom. The van der Waals surface area contributed by atoms with E-state index in [1.807, 2.05) is 24.3 Å². The first-order valence-corrected chi connectivity index (χ1v) is 5.61. The quantitative estimate of drug-likeness (QED) is 0.581. The van der Waals surface area contributed by atoms with Gasteiger partial charge in [-0.3, -0.25) is 4.79 Å². The van der Waals surface area contributed by atoms with Crippen LogP contribution in [-0.2, 0) is 11.3 Å². The third-order valence-corrected chi connectivity index (χ3v) is 2.59. The zero-order valence-corrected chi connectivity index (χ0v) is 10.7. The molecule has 0 aliphatic heterocycles. The molecule has 0 aliphatic carbocycles. The van der Waals surface area contributed by atoms with Gasteiger partial charge in [-0.15, -0.1) is 0 Å². The topological polar surface area (TPSA) is 38.8 Å². The number of nitrogens with zero attached hydrogens (tertiary/aromatic N) is 1. The molecular formula is C12H16ClNO3. The molecule has 1 rings (SSSR count). The predicted molar refractivity (Wildman–Crippen MR) is 66.5 cm³/mol. The van der Waals surface area contributed by atoms with Crippen molar-refractivity contribution in [1.82, 2.24) is 4.90 Å². The third-order valence-electron chi connectivity index (χ3n) is 2.35. The molecule has 0 bridgehead atoms. The SMILES string of the molecule is COCCN(Cc1ccc(OC)cc1)C(=O)Cl. The number of ether oxygens (including phenoxy) is 2. The van der Waals surface area contributed by atoms with Gasteiger partial charge < -0.3 is 14.4 Å². The molecule has 0 radical (unpaired) electrons. The van der Waals surface area contributed by atoms with Crippen LogP contribution >= 0.6 is 11.6 Å². The highest BCUT2D eigenvalue weighted by Crippen LogP contribution is 2.13. The largest absolute Gasteiger partial charge is 0.497 e. The Morgan fingerprint density at radius 2 is 1.94 bits per heavy atom. The molecule has 17 heavy (non-hydrogen) atoms. The van der Waals surface area contributed by atoms with Gasteiger partial charge in [0.25, 0.3) is 0 Å². The molecule has 1 aromatic carbocycles. The molecule has 0 spiro atoms. The molecule has 4 nitrogen and oxygen atoms in total. The van der Waals surface area contributed by atoms with Crippen LogP contribution in [0.1, 0.15) is 5.56 Å². The molecule has 0 unspecified atom stereocenters. The fourth-order valence-corrected chi connectivity index (χ4v) is 1.53. The van der Waals surface area contributed by atoms with Crippen LogP contribution < -0.4 is 4.74 Å². The second-order valence-corrected chi connectivity index (χ2v) is 3.84. The highest BCUT2D eigenvalue weighted by atomic mass is 35.5. The van der Waals surface area contributed by atoms with E-state index in [4.69, 9.17) is 21.1 Å². The lowest BCUT2D eigenvalue weighted by molar-refractivity contribution is 0.157. The predicted octanol–water partition coefficient (Wildman–Crippen LogP) is 2.50. The number of hydrogen-bond donors (Lipinski definition) is 0. The van der Waals surface area contributed by atoms with E-state index in [9.17, 15) is 4.79 Å². The first kappa shape index (κ1) is 13.8. The maximum absolute atomic E-state index is 11.2. The Bertz CT molecular complexity index is 353. The lowest BCUT2D eigenvalue weighted by atomic mass is 10.2. The molecular weight excluding hydrogens is 242 g/mol. The van der Waals surface area contributed by atoms with Crippen LogP contribution in [0, 0.1) is 0 Å². The van der Waals surface area contributed by atoms with Gasteiger partial charge >= 0.3 is 5.37 Å². The Kier molecular flexibility index (Phi) is 5.80. The highest BCUT2D eigenvalue weighted by molar-refractivity contribution is 6.62. The minimum absolute atomic E-state index is 0.467. The average Bonchev–Trinajstić information content (AvgIpc) is 2.35. The van der Waals surface area contributed by atoms with Gasteiger partial charge in [0.15, 0.2) is 0 Å². The molecule has 1 amide bonds. The molecule has 0 N–H and O–H groups in total. The maximum Gasteiger partial charge on any atom is 0.316 e. The van der Waals surface area contributed by atoms with Crippen molar-refractivity contribution in [2.45, 2.75) is 6.54 Å². The zero-order valence-electron chi connectivity index (χ0n) is 9.98. The lowest BCUT2D eigenvalue weighted by Crippen LogP contribution is -2.29. The van der Waals surface area contributed by atoms with Gasteiger partial charge in [-0.1, -0.05) is 12.1 Å². The summed E-state index contributed by atoms with van der Waals surface area (Å²) in [6.45, 7) is 1.41. The fraction of sp³-hybridized carbons (Fsp3) is 0.417. The van der Waals surface area contributed by atoms with Gasteiger partial charge in [0.05, 0.1) is 13.7 Å². The summed E-state index contributed by atoms with van der Waals surface area (Å²) < 4.78 is 9.98. The van der Waals surface area contributed by atoms with Gasteiger partial charge in [0.1, 0.15) is 5.75 Å². The number of rotatable bonds is 6. The first-order valence-electron chi connectivity index (χ1n) is 5.23. The van der Waals surface area contributed by atoms with Crippen LogP contribution in [-0.4, -0.2) is 37.6 Å². The van der Waals surface area contributed by atoms with Crippen LogP contribution in [0.4, 0.5) is 4.79 Å². The summed E-state index contributed by atoms with van der Waals surface area (Å²) in [6.07, 6.45) is 0. The smallest absolute Gasteiger partial charge is 0.316 e. The molecule has 0 aliphatic rings. The Hall–Kier alpha value is -1.26. The number of hydrogen-bond acceptors (Lipinski definition) is 3. The van der Waals surface area contributed by atoms with Crippen LogP contribution in [0.15, 0.2) is 24.3 Å². The number of benzene rings is 1. The van der Waals surface area contributed by atoms with Crippen molar-refractivity contribution in [3.8, 4) is 5.75 Å². The standard InChI is InChI=1S/C12H16ClNO3/c1-16-8-7-14(12(13)15)9-10-3-5-11(17-2)6-4-10/h3-6H,7-9H2,1-2H3. The van der Waals surface area contributed by atoms with E-state index in [0.717, 1.165) is 11.3 Å². The van der Waals surface area contributed by atoms with Gasteiger partial charge in [0.2, 0.25) is 0 Å². The number of carbonyl (C=O) groups excluding carboxylic acids is 1. The summed E-state index contributed by atoms with van der Waals surface area (Å²) in [4.78, 5) is 12.7. The van der Waals surface area contributed by atoms with E-state index < -0.39 is 5.37 Å². The number of amides is 1. The van der Waals surface area contributed by atoms with Crippen molar-refractivity contribution < 1.29 is 14.3 Å². The normalized spacial score (nSPS) is 10.1. The maximum atomic E-state index is 11.2. The second kappa shape index (κ2) is 7.14. The summed E-state index contributed by atoms with van der Waals surface area (Å²) in [5.41, 5.74) is 0.996.